The van der Waals surface area contributed by atoms with Gasteiger partial charge in [0.1, 0.15) is 0 Å². The molecule has 2 aliphatic carbocycles. The minimum atomic E-state index is -0.0149. The van der Waals surface area contributed by atoms with Crippen LogP contribution in [-0.4, -0.2) is 24.4 Å². The van der Waals surface area contributed by atoms with Crippen molar-refractivity contribution in [3.63, 3.8) is 0 Å². The largest absolute Gasteiger partial charge is 0.352 e. The Labute approximate surface area is 160 Å². The van der Waals surface area contributed by atoms with Gasteiger partial charge in [-0.25, -0.2) is 0 Å². The fourth-order valence-electron chi connectivity index (χ4n) is 3.25. The standard InChI is InChI=1S/C23H26N2O2/c1-14-11-19(23(27)25-20-9-10-20)12-21(15(14)2)17-5-7-18(8-6-17)22(26)24-13-16-3-4-16/h5-8,11-12,16,20H,3-4,9-10,13H2,1-2H3,(H,24,26)(H,25,27). The van der Waals surface area contributed by atoms with Crippen molar-refractivity contribution in [1.29, 1.82) is 0 Å². The lowest BCUT2D eigenvalue weighted by Crippen LogP contribution is -2.25. The maximum atomic E-state index is 12.5. The Morgan fingerprint density at radius 2 is 1.63 bits per heavy atom. The molecule has 0 saturated heterocycles. The van der Waals surface area contributed by atoms with Gasteiger partial charge in [-0.3, -0.25) is 9.59 Å². The first kappa shape index (κ1) is 17.8. The fourth-order valence-corrected chi connectivity index (χ4v) is 3.25. The third-order valence-electron chi connectivity index (χ3n) is 5.55. The van der Waals surface area contributed by atoms with Gasteiger partial charge < -0.3 is 10.6 Å². The molecule has 4 heteroatoms. The highest BCUT2D eigenvalue weighted by Crippen LogP contribution is 2.29. The summed E-state index contributed by atoms with van der Waals surface area (Å²) in [4.78, 5) is 24.7. The zero-order valence-corrected chi connectivity index (χ0v) is 16.0. The lowest BCUT2D eigenvalue weighted by molar-refractivity contribution is 0.0943. The summed E-state index contributed by atoms with van der Waals surface area (Å²) in [5.74, 6) is 0.653. The van der Waals surface area contributed by atoms with Gasteiger partial charge in [0.2, 0.25) is 0 Å². The number of amides is 2. The van der Waals surface area contributed by atoms with Crippen molar-refractivity contribution < 1.29 is 9.59 Å². The Morgan fingerprint density at radius 1 is 0.926 bits per heavy atom. The van der Waals surface area contributed by atoms with Gasteiger partial charge in [-0.15, -0.1) is 0 Å². The molecule has 2 aromatic rings. The Balaban J connectivity index is 1.55. The molecule has 0 radical (unpaired) electrons. The van der Waals surface area contributed by atoms with E-state index in [9.17, 15) is 9.59 Å². The van der Waals surface area contributed by atoms with Crippen molar-refractivity contribution in [2.24, 2.45) is 5.92 Å². The minimum Gasteiger partial charge on any atom is -0.352 e. The maximum Gasteiger partial charge on any atom is 0.251 e. The topological polar surface area (TPSA) is 58.2 Å². The van der Waals surface area contributed by atoms with Gasteiger partial charge in [0.25, 0.3) is 11.8 Å². The molecule has 140 valence electrons. The van der Waals surface area contributed by atoms with Crippen molar-refractivity contribution >= 4 is 11.8 Å². The van der Waals surface area contributed by atoms with Crippen molar-refractivity contribution in [3.05, 3.63) is 58.7 Å². The minimum absolute atomic E-state index is 0.00192. The molecule has 0 aliphatic heterocycles. The van der Waals surface area contributed by atoms with Crippen LogP contribution < -0.4 is 10.6 Å². The summed E-state index contributed by atoms with van der Waals surface area (Å²) < 4.78 is 0. The summed E-state index contributed by atoms with van der Waals surface area (Å²) in [7, 11) is 0. The van der Waals surface area contributed by atoms with Crippen LogP contribution in [0.2, 0.25) is 0 Å². The molecule has 2 aliphatic rings. The highest BCUT2D eigenvalue weighted by Gasteiger charge is 2.24. The Bertz CT molecular complexity index is 878. The zero-order valence-electron chi connectivity index (χ0n) is 16.0. The highest BCUT2D eigenvalue weighted by atomic mass is 16.2. The van der Waals surface area contributed by atoms with Gasteiger partial charge in [0.15, 0.2) is 0 Å². The Hall–Kier alpha value is -2.62. The van der Waals surface area contributed by atoms with E-state index >= 15 is 0 Å². The second-order valence-corrected chi connectivity index (χ2v) is 7.94. The van der Waals surface area contributed by atoms with Crippen LogP contribution in [0.5, 0.6) is 0 Å². The number of benzene rings is 2. The molecule has 2 amide bonds. The van der Waals surface area contributed by atoms with E-state index in [2.05, 4.69) is 17.6 Å². The van der Waals surface area contributed by atoms with Crippen molar-refractivity contribution in [3.8, 4) is 11.1 Å². The molecule has 0 unspecified atom stereocenters. The smallest absolute Gasteiger partial charge is 0.251 e. The first-order chi connectivity index (χ1) is 13.0. The number of carbonyl (C=O) groups is 2. The van der Waals surface area contributed by atoms with Gasteiger partial charge in [0, 0.05) is 23.7 Å². The normalized spacial score (nSPS) is 16.1. The molecule has 0 bridgehead atoms. The van der Waals surface area contributed by atoms with Crippen molar-refractivity contribution in [2.45, 2.75) is 45.6 Å². The summed E-state index contributed by atoms with van der Waals surface area (Å²) in [6.45, 7) is 4.88. The Morgan fingerprint density at radius 3 is 2.26 bits per heavy atom. The number of hydrogen-bond acceptors (Lipinski definition) is 2. The average molecular weight is 362 g/mol. The summed E-state index contributed by atoms with van der Waals surface area (Å²) in [6.07, 6.45) is 4.60. The SMILES string of the molecule is Cc1cc(C(=O)NC2CC2)cc(-c2ccc(C(=O)NCC3CC3)cc2)c1C. The van der Waals surface area contributed by atoms with E-state index in [1.54, 1.807) is 0 Å². The quantitative estimate of drug-likeness (QED) is 0.816. The lowest BCUT2D eigenvalue weighted by Gasteiger charge is -2.13. The second-order valence-electron chi connectivity index (χ2n) is 7.94. The first-order valence-corrected chi connectivity index (χ1v) is 9.82. The average Bonchev–Trinajstić information content (AvgIpc) is 3.57. The maximum absolute atomic E-state index is 12.5. The van der Waals surface area contributed by atoms with Crippen LogP contribution in [0.15, 0.2) is 36.4 Å². The predicted molar refractivity (Wildman–Crippen MR) is 107 cm³/mol. The molecule has 2 N–H and O–H groups in total. The molecule has 0 atom stereocenters. The molecule has 4 nitrogen and oxygen atoms in total. The number of carbonyl (C=O) groups excluding carboxylic acids is 2. The lowest BCUT2D eigenvalue weighted by atomic mass is 9.93. The van der Waals surface area contributed by atoms with Gasteiger partial charge in [-0.05, 0) is 92.0 Å². The number of nitrogens with one attached hydrogen (secondary N) is 2. The van der Waals surface area contributed by atoms with Crippen LogP contribution in [0.4, 0.5) is 0 Å². The Kier molecular flexibility index (Phi) is 4.73. The molecule has 0 spiro atoms. The van der Waals surface area contributed by atoms with E-state index in [0.29, 0.717) is 23.1 Å². The molecule has 2 aromatic carbocycles. The predicted octanol–water partition coefficient (Wildman–Crippen LogP) is 4.00. The van der Waals surface area contributed by atoms with E-state index in [1.807, 2.05) is 43.3 Å². The zero-order chi connectivity index (χ0) is 19.0. The van der Waals surface area contributed by atoms with Crippen LogP contribution in [0.3, 0.4) is 0 Å². The van der Waals surface area contributed by atoms with E-state index in [0.717, 1.165) is 41.6 Å². The van der Waals surface area contributed by atoms with Gasteiger partial charge in [-0.1, -0.05) is 12.1 Å². The van der Waals surface area contributed by atoms with E-state index in [-0.39, 0.29) is 11.8 Å². The third kappa shape index (κ3) is 4.21. The molecule has 0 heterocycles. The van der Waals surface area contributed by atoms with E-state index < -0.39 is 0 Å². The summed E-state index contributed by atoms with van der Waals surface area (Å²) >= 11 is 0. The van der Waals surface area contributed by atoms with Gasteiger partial charge in [0.05, 0.1) is 0 Å². The number of aryl methyl sites for hydroxylation is 1. The van der Waals surface area contributed by atoms with Crippen LogP contribution in [0, 0.1) is 19.8 Å². The summed E-state index contributed by atoms with van der Waals surface area (Å²) in [5, 5.41) is 6.05. The fraction of sp³-hybridized carbons (Fsp3) is 0.391. The van der Waals surface area contributed by atoms with Crippen LogP contribution in [-0.2, 0) is 0 Å². The first-order valence-electron chi connectivity index (χ1n) is 9.82. The van der Waals surface area contributed by atoms with Crippen LogP contribution in [0.25, 0.3) is 11.1 Å². The highest BCUT2D eigenvalue weighted by molar-refractivity contribution is 5.97. The molecule has 27 heavy (non-hydrogen) atoms. The monoisotopic (exact) mass is 362 g/mol. The number of rotatable bonds is 6. The van der Waals surface area contributed by atoms with Crippen LogP contribution >= 0.6 is 0 Å². The van der Waals surface area contributed by atoms with E-state index in [4.69, 9.17) is 0 Å². The van der Waals surface area contributed by atoms with Crippen molar-refractivity contribution in [1.82, 2.24) is 10.6 Å². The number of hydrogen-bond donors (Lipinski definition) is 2. The van der Waals surface area contributed by atoms with E-state index in [1.165, 1.54) is 12.8 Å². The van der Waals surface area contributed by atoms with Gasteiger partial charge in [-0.2, -0.15) is 0 Å². The second kappa shape index (κ2) is 7.18. The van der Waals surface area contributed by atoms with Gasteiger partial charge >= 0.3 is 0 Å². The van der Waals surface area contributed by atoms with Crippen LogP contribution in [0.1, 0.15) is 57.5 Å². The summed E-state index contributed by atoms with van der Waals surface area (Å²) in [6, 6.07) is 11.9. The molecule has 2 saturated carbocycles. The summed E-state index contributed by atoms with van der Waals surface area (Å²) in [5.41, 5.74) is 5.70. The molecule has 0 aromatic heterocycles. The molecule has 4 rings (SSSR count). The molecular formula is C23H26N2O2. The third-order valence-corrected chi connectivity index (χ3v) is 5.55. The van der Waals surface area contributed by atoms with Crippen molar-refractivity contribution in [2.75, 3.05) is 6.54 Å². The molecular weight excluding hydrogens is 336 g/mol. The molecule has 2 fully saturated rings.